The summed E-state index contributed by atoms with van der Waals surface area (Å²) in [6.45, 7) is 2.66. The molecule has 0 aliphatic rings. The highest BCUT2D eigenvalue weighted by molar-refractivity contribution is 8.12. The van der Waals surface area contributed by atoms with E-state index in [4.69, 9.17) is 15.3 Å². The second kappa shape index (κ2) is 8.99. The summed E-state index contributed by atoms with van der Waals surface area (Å²) in [5.74, 6) is 1.51. The quantitative estimate of drug-likeness (QED) is 0.210. The summed E-state index contributed by atoms with van der Waals surface area (Å²) in [6.07, 6.45) is 0.646. The molecule has 1 aromatic heterocycles. The second-order valence-corrected chi connectivity index (χ2v) is 5.43. The number of rotatable bonds is 9. The minimum absolute atomic E-state index is 0.0896. The highest BCUT2D eigenvalue weighted by Crippen LogP contribution is 2.27. The standard InChI is InChI=1S/C16H18N4O3S/c1-2-23-12-5-3-11(4-6-12)14-19-15(18-7-8-21)13(9-22)16(20-14)24-10-17/h3-6,9-10,17,21H,2,7-8H2,1H3,(H,18,19,20). The Morgan fingerprint density at radius 1 is 1.33 bits per heavy atom. The molecule has 2 rings (SSSR count). The number of aldehydes is 1. The molecule has 0 atom stereocenters. The minimum atomic E-state index is -0.0896. The zero-order valence-corrected chi connectivity index (χ0v) is 14.0. The van der Waals surface area contributed by atoms with Crippen molar-refractivity contribution in [1.29, 1.82) is 5.41 Å². The van der Waals surface area contributed by atoms with E-state index in [-0.39, 0.29) is 18.7 Å². The van der Waals surface area contributed by atoms with Crippen LogP contribution in [0.4, 0.5) is 5.82 Å². The lowest BCUT2D eigenvalue weighted by atomic mass is 10.2. The molecule has 0 aliphatic carbocycles. The molecule has 1 heterocycles. The molecule has 8 heteroatoms. The van der Waals surface area contributed by atoms with Crippen LogP contribution in [-0.2, 0) is 0 Å². The molecule has 0 bridgehead atoms. The molecule has 0 saturated heterocycles. The Kier molecular flexibility index (Phi) is 6.71. The number of aromatic nitrogens is 2. The highest BCUT2D eigenvalue weighted by Gasteiger charge is 2.15. The van der Waals surface area contributed by atoms with Crippen LogP contribution in [0.15, 0.2) is 29.3 Å². The molecule has 1 aromatic carbocycles. The first-order chi connectivity index (χ1) is 11.7. The van der Waals surface area contributed by atoms with Crippen molar-refractivity contribution in [1.82, 2.24) is 9.97 Å². The number of anilines is 1. The van der Waals surface area contributed by atoms with Crippen molar-refractivity contribution in [3.05, 3.63) is 29.8 Å². The summed E-state index contributed by atoms with van der Waals surface area (Å²) in [4.78, 5) is 20.1. The van der Waals surface area contributed by atoms with Crippen molar-refractivity contribution in [2.24, 2.45) is 0 Å². The first-order valence-corrected chi connectivity index (χ1v) is 8.22. The normalized spacial score (nSPS) is 10.2. The predicted molar refractivity (Wildman–Crippen MR) is 94.2 cm³/mol. The zero-order chi connectivity index (χ0) is 17.4. The van der Waals surface area contributed by atoms with E-state index in [0.29, 0.717) is 29.6 Å². The van der Waals surface area contributed by atoms with Crippen molar-refractivity contribution < 1.29 is 14.6 Å². The number of hydrogen-bond acceptors (Lipinski definition) is 8. The number of hydrogen-bond donors (Lipinski definition) is 3. The fourth-order valence-electron chi connectivity index (χ4n) is 2.01. The van der Waals surface area contributed by atoms with Crippen LogP contribution in [0.1, 0.15) is 17.3 Å². The van der Waals surface area contributed by atoms with E-state index in [1.807, 2.05) is 31.2 Å². The van der Waals surface area contributed by atoms with E-state index in [1.54, 1.807) is 0 Å². The summed E-state index contributed by atoms with van der Waals surface area (Å²) in [5.41, 5.74) is 2.13. The molecule has 0 saturated carbocycles. The maximum atomic E-state index is 11.4. The Hall–Kier alpha value is -2.45. The van der Waals surface area contributed by atoms with Gasteiger partial charge in [-0.05, 0) is 31.2 Å². The number of nitrogens with zero attached hydrogens (tertiary/aromatic N) is 2. The van der Waals surface area contributed by atoms with E-state index in [9.17, 15) is 4.79 Å². The van der Waals surface area contributed by atoms with E-state index >= 15 is 0 Å². The minimum Gasteiger partial charge on any atom is -0.494 e. The molecule has 3 N–H and O–H groups in total. The third-order valence-corrected chi connectivity index (χ3v) is 3.68. The topological polar surface area (TPSA) is 108 Å². The molecule has 0 fully saturated rings. The molecule has 0 amide bonds. The summed E-state index contributed by atoms with van der Waals surface area (Å²) in [7, 11) is 0. The van der Waals surface area contributed by atoms with Crippen molar-refractivity contribution in [3.63, 3.8) is 0 Å². The Morgan fingerprint density at radius 2 is 2.08 bits per heavy atom. The molecular weight excluding hydrogens is 328 g/mol. The number of thioether (sulfide) groups is 1. The van der Waals surface area contributed by atoms with Crippen molar-refractivity contribution in [2.45, 2.75) is 11.9 Å². The van der Waals surface area contributed by atoms with E-state index in [2.05, 4.69) is 15.3 Å². The van der Waals surface area contributed by atoms with Gasteiger partial charge in [0.1, 0.15) is 16.6 Å². The third-order valence-electron chi connectivity index (χ3n) is 3.03. The summed E-state index contributed by atoms with van der Waals surface area (Å²) in [5, 5.41) is 19.5. The predicted octanol–water partition coefficient (Wildman–Crippen LogP) is 2.46. The van der Waals surface area contributed by atoms with Crippen LogP contribution < -0.4 is 10.1 Å². The summed E-state index contributed by atoms with van der Waals surface area (Å²) < 4.78 is 5.41. The van der Waals surface area contributed by atoms with Gasteiger partial charge in [0.2, 0.25) is 0 Å². The van der Waals surface area contributed by atoms with Crippen LogP contribution in [0.2, 0.25) is 0 Å². The third kappa shape index (κ3) is 4.30. The van der Waals surface area contributed by atoms with Gasteiger partial charge >= 0.3 is 0 Å². The largest absolute Gasteiger partial charge is 0.494 e. The Morgan fingerprint density at radius 3 is 2.67 bits per heavy atom. The van der Waals surface area contributed by atoms with E-state index < -0.39 is 0 Å². The average Bonchev–Trinajstić information content (AvgIpc) is 2.61. The van der Waals surface area contributed by atoms with Gasteiger partial charge in [-0.2, -0.15) is 0 Å². The lowest BCUT2D eigenvalue weighted by Crippen LogP contribution is -2.11. The van der Waals surface area contributed by atoms with Crippen LogP contribution in [0.25, 0.3) is 11.4 Å². The average molecular weight is 346 g/mol. The Labute approximate surface area is 144 Å². The van der Waals surface area contributed by atoms with Crippen LogP contribution in [0.5, 0.6) is 5.75 Å². The Bertz CT molecular complexity index is 707. The van der Waals surface area contributed by atoms with Crippen LogP contribution in [0, 0.1) is 5.41 Å². The molecule has 0 radical (unpaired) electrons. The summed E-state index contributed by atoms with van der Waals surface area (Å²) >= 11 is 1.03. The number of benzene rings is 1. The van der Waals surface area contributed by atoms with Crippen LogP contribution >= 0.6 is 11.8 Å². The molecule has 0 unspecified atom stereocenters. The maximum Gasteiger partial charge on any atom is 0.162 e. The van der Waals surface area contributed by atoms with Crippen molar-refractivity contribution in [2.75, 3.05) is 25.1 Å². The second-order valence-electron chi connectivity index (χ2n) is 4.58. The fourth-order valence-corrected chi connectivity index (χ4v) is 2.53. The van der Waals surface area contributed by atoms with Gasteiger partial charge in [-0.3, -0.25) is 4.79 Å². The van der Waals surface area contributed by atoms with Crippen LogP contribution in [0.3, 0.4) is 0 Å². The number of carbonyl (C=O) groups is 1. The molecule has 0 aliphatic heterocycles. The molecule has 2 aromatic rings. The van der Waals surface area contributed by atoms with Gasteiger partial charge in [0.05, 0.1) is 24.3 Å². The summed E-state index contributed by atoms with van der Waals surface area (Å²) in [6, 6.07) is 7.30. The number of carbonyl (C=O) groups excluding carboxylic acids is 1. The molecular formula is C16H18N4O3S. The van der Waals surface area contributed by atoms with Gasteiger partial charge < -0.3 is 20.6 Å². The van der Waals surface area contributed by atoms with Crippen molar-refractivity contribution >= 4 is 29.4 Å². The van der Waals surface area contributed by atoms with E-state index in [1.165, 1.54) is 0 Å². The highest BCUT2D eigenvalue weighted by atomic mass is 32.2. The number of nitrogens with one attached hydrogen (secondary N) is 2. The maximum absolute atomic E-state index is 11.4. The number of ether oxygens (including phenoxy) is 1. The first kappa shape index (κ1) is 17.9. The van der Waals surface area contributed by atoms with E-state index in [0.717, 1.165) is 28.6 Å². The van der Waals surface area contributed by atoms with Gasteiger partial charge in [0.25, 0.3) is 0 Å². The number of aliphatic hydroxyl groups excluding tert-OH is 1. The van der Waals surface area contributed by atoms with Gasteiger partial charge in [-0.15, -0.1) is 0 Å². The lowest BCUT2D eigenvalue weighted by Gasteiger charge is -2.12. The molecule has 126 valence electrons. The number of aliphatic hydroxyl groups is 1. The van der Waals surface area contributed by atoms with Gasteiger partial charge in [-0.1, -0.05) is 11.8 Å². The molecule has 7 nitrogen and oxygen atoms in total. The van der Waals surface area contributed by atoms with Crippen LogP contribution in [-0.4, -0.2) is 46.7 Å². The Balaban J connectivity index is 2.46. The first-order valence-electron chi connectivity index (χ1n) is 7.34. The monoisotopic (exact) mass is 346 g/mol. The smallest absolute Gasteiger partial charge is 0.162 e. The van der Waals surface area contributed by atoms with Crippen molar-refractivity contribution in [3.8, 4) is 17.1 Å². The van der Waals surface area contributed by atoms with Gasteiger partial charge in [0.15, 0.2) is 12.1 Å². The zero-order valence-electron chi connectivity index (χ0n) is 13.2. The molecule has 0 spiro atoms. The fraction of sp³-hybridized carbons (Fsp3) is 0.250. The van der Waals surface area contributed by atoms with Gasteiger partial charge in [0, 0.05) is 12.1 Å². The SMILES string of the molecule is CCOc1ccc(-c2nc(NCCO)c(C=O)c(SC=N)n2)cc1. The lowest BCUT2D eigenvalue weighted by molar-refractivity contribution is 0.112. The van der Waals surface area contributed by atoms with Gasteiger partial charge in [-0.25, -0.2) is 9.97 Å². The molecule has 24 heavy (non-hydrogen) atoms.